The number of rotatable bonds is 11. The van der Waals surface area contributed by atoms with Crippen LogP contribution in [0.1, 0.15) is 31.4 Å². The van der Waals surface area contributed by atoms with Gasteiger partial charge < -0.3 is 14.8 Å². The molecule has 170 valence electrons. The summed E-state index contributed by atoms with van der Waals surface area (Å²) in [5.41, 5.74) is 3.19. The van der Waals surface area contributed by atoms with Crippen molar-refractivity contribution >= 4 is 18.1 Å². The Morgan fingerprint density at radius 2 is 1.91 bits per heavy atom. The van der Waals surface area contributed by atoms with Gasteiger partial charge in [-0.15, -0.1) is 0 Å². The maximum Gasteiger partial charge on any atom is 0.221 e. The van der Waals surface area contributed by atoms with E-state index in [9.17, 15) is 4.79 Å². The maximum atomic E-state index is 12.4. The molecule has 0 aliphatic heterocycles. The van der Waals surface area contributed by atoms with Gasteiger partial charge in [0.05, 0.1) is 13.2 Å². The van der Waals surface area contributed by atoms with E-state index in [0.717, 1.165) is 34.0 Å². The van der Waals surface area contributed by atoms with Crippen LogP contribution >= 0.6 is 12.2 Å². The number of benzene rings is 2. The van der Waals surface area contributed by atoms with E-state index in [2.05, 4.69) is 21.6 Å². The van der Waals surface area contributed by atoms with Gasteiger partial charge in [-0.3, -0.25) is 14.5 Å². The zero-order valence-corrected chi connectivity index (χ0v) is 19.6. The Balaban J connectivity index is 1.54. The average Bonchev–Trinajstić information content (AvgIpc) is 3.14. The van der Waals surface area contributed by atoms with Crippen molar-refractivity contribution in [3.8, 4) is 22.9 Å². The van der Waals surface area contributed by atoms with Crippen LogP contribution in [0.15, 0.2) is 42.5 Å². The molecule has 1 amide bonds. The molecule has 3 aromatic rings. The predicted molar refractivity (Wildman–Crippen MR) is 128 cm³/mol. The Hall–Kier alpha value is -3.13. The van der Waals surface area contributed by atoms with E-state index in [1.807, 2.05) is 61.7 Å². The van der Waals surface area contributed by atoms with Crippen LogP contribution in [0.2, 0.25) is 0 Å². The number of carbonyl (C=O) groups excluding carboxylic acids is 1. The van der Waals surface area contributed by atoms with Crippen molar-refractivity contribution in [3.63, 3.8) is 0 Å². The molecule has 0 bridgehead atoms. The molecule has 0 unspecified atom stereocenters. The topological polar surface area (TPSA) is 81.2 Å². The molecule has 0 fully saturated rings. The summed E-state index contributed by atoms with van der Waals surface area (Å²) in [5.74, 6) is 2.18. The van der Waals surface area contributed by atoms with E-state index in [-0.39, 0.29) is 5.91 Å². The first-order valence-corrected chi connectivity index (χ1v) is 11.3. The molecule has 7 nitrogen and oxygen atoms in total. The van der Waals surface area contributed by atoms with E-state index >= 15 is 0 Å². The number of amides is 1. The first-order chi connectivity index (χ1) is 15.5. The van der Waals surface area contributed by atoms with Crippen LogP contribution in [0.4, 0.5) is 0 Å². The molecule has 0 aliphatic rings. The van der Waals surface area contributed by atoms with Gasteiger partial charge >= 0.3 is 0 Å². The fourth-order valence-electron chi connectivity index (χ4n) is 3.43. The van der Waals surface area contributed by atoms with Crippen molar-refractivity contribution in [2.24, 2.45) is 0 Å². The van der Waals surface area contributed by atoms with E-state index in [0.29, 0.717) is 43.9 Å². The Kier molecular flexibility index (Phi) is 8.44. The molecule has 2 aromatic carbocycles. The summed E-state index contributed by atoms with van der Waals surface area (Å²) >= 11 is 5.36. The lowest BCUT2D eigenvalue weighted by molar-refractivity contribution is -0.121. The van der Waals surface area contributed by atoms with Crippen LogP contribution in [0.25, 0.3) is 11.4 Å². The molecule has 0 spiro atoms. The van der Waals surface area contributed by atoms with Gasteiger partial charge in [0.15, 0.2) is 22.1 Å². The highest BCUT2D eigenvalue weighted by Gasteiger charge is 2.11. The van der Waals surface area contributed by atoms with Crippen LogP contribution in [-0.2, 0) is 17.8 Å². The Bertz CT molecular complexity index is 1110. The lowest BCUT2D eigenvalue weighted by Gasteiger charge is -2.13. The van der Waals surface area contributed by atoms with E-state index < -0.39 is 0 Å². The van der Waals surface area contributed by atoms with Gasteiger partial charge in [-0.1, -0.05) is 29.8 Å². The van der Waals surface area contributed by atoms with Gasteiger partial charge in [-0.2, -0.15) is 5.10 Å². The van der Waals surface area contributed by atoms with Crippen LogP contribution in [0.3, 0.4) is 0 Å². The maximum absolute atomic E-state index is 12.4. The second-order valence-corrected chi connectivity index (χ2v) is 7.76. The van der Waals surface area contributed by atoms with E-state index in [1.165, 1.54) is 0 Å². The van der Waals surface area contributed by atoms with Gasteiger partial charge in [0.25, 0.3) is 0 Å². The van der Waals surface area contributed by atoms with Crippen molar-refractivity contribution in [1.82, 2.24) is 20.1 Å². The summed E-state index contributed by atoms with van der Waals surface area (Å²) in [6, 6.07) is 13.9. The minimum absolute atomic E-state index is 0.0285. The summed E-state index contributed by atoms with van der Waals surface area (Å²) in [6.07, 6.45) is 1.03. The summed E-state index contributed by atoms with van der Waals surface area (Å²) in [5, 5.41) is 10.2. The lowest BCUT2D eigenvalue weighted by atomic mass is 10.1. The zero-order valence-electron chi connectivity index (χ0n) is 18.8. The zero-order chi connectivity index (χ0) is 22.9. The quantitative estimate of drug-likeness (QED) is 0.418. The molecule has 0 radical (unpaired) electrons. The number of H-pyrrole nitrogens is 1. The number of aromatic nitrogens is 3. The van der Waals surface area contributed by atoms with Crippen LogP contribution in [0.5, 0.6) is 11.5 Å². The average molecular weight is 455 g/mol. The fourth-order valence-corrected chi connectivity index (χ4v) is 3.65. The van der Waals surface area contributed by atoms with Crippen molar-refractivity contribution in [1.29, 1.82) is 0 Å². The summed E-state index contributed by atoms with van der Waals surface area (Å²) in [7, 11) is 0. The number of nitrogens with one attached hydrogen (secondary N) is 2. The molecular weight excluding hydrogens is 424 g/mol. The van der Waals surface area contributed by atoms with Gasteiger partial charge in [0.2, 0.25) is 5.91 Å². The Morgan fingerprint density at radius 3 is 2.66 bits per heavy atom. The summed E-state index contributed by atoms with van der Waals surface area (Å²) in [6.45, 7) is 8.08. The highest BCUT2D eigenvalue weighted by Crippen LogP contribution is 2.28. The highest BCUT2D eigenvalue weighted by atomic mass is 32.1. The first kappa shape index (κ1) is 23.5. The van der Waals surface area contributed by atoms with Gasteiger partial charge in [-0.25, -0.2) is 0 Å². The van der Waals surface area contributed by atoms with Crippen LogP contribution in [0, 0.1) is 11.7 Å². The molecule has 1 aromatic heterocycles. The van der Waals surface area contributed by atoms with Crippen molar-refractivity contribution in [2.45, 2.75) is 40.2 Å². The smallest absolute Gasteiger partial charge is 0.221 e. The number of ether oxygens (including phenoxy) is 2. The molecule has 0 aliphatic carbocycles. The van der Waals surface area contributed by atoms with Gasteiger partial charge in [0.1, 0.15) is 0 Å². The number of hydrogen-bond acceptors (Lipinski definition) is 5. The monoisotopic (exact) mass is 454 g/mol. The van der Waals surface area contributed by atoms with E-state index in [4.69, 9.17) is 21.7 Å². The minimum Gasteiger partial charge on any atom is -0.490 e. The molecule has 1 heterocycles. The highest BCUT2D eigenvalue weighted by molar-refractivity contribution is 7.71. The van der Waals surface area contributed by atoms with Crippen LogP contribution < -0.4 is 14.8 Å². The van der Waals surface area contributed by atoms with Gasteiger partial charge in [-0.05, 0) is 63.2 Å². The van der Waals surface area contributed by atoms with Gasteiger partial charge in [0, 0.05) is 25.1 Å². The molecule has 8 heteroatoms. The SMILES string of the molecule is CCOc1ccc(CCNC(=O)CCn2c(-c3cccc(C)c3)n[nH]c2=S)cc1OCC. The fraction of sp³-hybridized carbons (Fsp3) is 0.375. The number of nitrogens with zero attached hydrogens (tertiary/aromatic N) is 2. The standard InChI is InChI=1S/C24H30N4O3S/c1-4-30-20-10-9-18(16-21(20)31-5-2)11-13-25-22(29)12-14-28-23(26-27-24(28)32)19-8-6-7-17(3)15-19/h6-10,15-16H,4-5,11-14H2,1-3H3,(H,25,29)(H,27,32). The molecule has 0 saturated heterocycles. The molecular formula is C24H30N4O3S. The number of aromatic amines is 1. The molecule has 32 heavy (non-hydrogen) atoms. The lowest BCUT2D eigenvalue weighted by Crippen LogP contribution is -2.26. The number of hydrogen-bond donors (Lipinski definition) is 2. The largest absolute Gasteiger partial charge is 0.490 e. The van der Waals surface area contributed by atoms with Crippen LogP contribution in [-0.4, -0.2) is 40.4 Å². The number of carbonyl (C=O) groups is 1. The minimum atomic E-state index is -0.0285. The summed E-state index contributed by atoms with van der Waals surface area (Å²) < 4.78 is 13.6. The molecule has 0 saturated carbocycles. The molecule has 2 N–H and O–H groups in total. The normalized spacial score (nSPS) is 10.7. The third-order valence-electron chi connectivity index (χ3n) is 4.94. The second kappa shape index (κ2) is 11.5. The summed E-state index contributed by atoms with van der Waals surface area (Å²) in [4.78, 5) is 12.4. The van der Waals surface area contributed by atoms with Crippen molar-refractivity contribution < 1.29 is 14.3 Å². The number of aryl methyl sites for hydroxylation is 1. The Morgan fingerprint density at radius 1 is 1.12 bits per heavy atom. The molecule has 3 rings (SSSR count). The van der Waals surface area contributed by atoms with E-state index in [1.54, 1.807) is 0 Å². The third kappa shape index (κ3) is 6.20. The third-order valence-corrected chi connectivity index (χ3v) is 5.25. The second-order valence-electron chi connectivity index (χ2n) is 7.37. The molecule has 0 atom stereocenters. The van der Waals surface area contributed by atoms with Crippen molar-refractivity contribution in [2.75, 3.05) is 19.8 Å². The first-order valence-electron chi connectivity index (χ1n) is 10.9. The Labute approximate surface area is 193 Å². The predicted octanol–water partition coefficient (Wildman–Crippen LogP) is 4.46. The van der Waals surface area contributed by atoms with Crippen molar-refractivity contribution in [3.05, 3.63) is 58.4 Å².